The van der Waals surface area contributed by atoms with Crippen molar-refractivity contribution in [2.75, 3.05) is 41.9 Å². The molecule has 0 unspecified atom stereocenters. The topological polar surface area (TPSA) is 87.6 Å². The minimum atomic E-state index is -0.291. The van der Waals surface area contributed by atoms with Crippen LogP contribution in [0, 0.1) is 5.82 Å². The zero-order valence-corrected chi connectivity index (χ0v) is 18.4. The first-order valence-electron chi connectivity index (χ1n) is 9.74. The first kappa shape index (κ1) is 21.1. The van der Waals surface area contributed by atoms with Gasteiger partial charge in [-0.15, -0.1) is 0 Å². The summed E-state index contributed by atoms with van der Waals surface area (Å²) in [6.45, 7) is 4.44. The number of hydrogen-bond donors (Lipinski definition) is 2. The zero-order valence-electron chi connectivity index (χ0n) is 16.8. The summed E-state index contributed by atoms with van der Waals surface area (Å²) in [5.74, 6) is 0.940. The molecule has 0 saturated carbocycles. The molecule has 1 aliphatic heterocycles. The molecule has 0 radical (unpaired) electrons. The Balaban J connectivity index is 1.60. The van der Waals surface area contributed by atoms with E-state index in [1.165, 1.54) is 12.1 Å². The van der Waals surface area contributed by atoms with E-state index in [9.17, 15) is 4.39 Å². The van der Waals surface area contributed by atoms with Gasteiger partial charge in [0.15, 0.2) is 0 Å². The van der Waals surface area contributed by atoms with Crippen LogP contribution in [-0.4, -0.2) is 47.0 Å². The molecule has 160 valence electrons. The quantitative estimate of drug-likeness (QED) is 0.399. The Kier molecular flexibility index (Phi) is 6.68. The van der Waals surface area contributed by atoms with Crippen LogP contribution < -0.4 is 15.6 Å². The van der Waals surface area contributed by atoms with Crippen molar-refractivity contribution >= 4 is 45.2 Å². The average Bonchev–Trinajstić information content (AvgIpc) is 2.78. The molecule has 3 aromatic rings. The highest BCUT2D eigenvalue weighted by Gasteiger charge is 2.17. The first-order valence-corrected chi connectivity index (χ1v) is 10.5. The summed E-state index contributed by atoms with van der Waals surface area (Å²) >= 11 is 3.47. The van der Waals surface area contributed by atoms with Crippen molar-refractivity contribution in [3.8, 4) is 0 Å². The van der Waals surface area contributed by atoms with Gasteiger partial charge in [-0.25, -0.2) is 9.82 Å². The second-order valence-corrected chi connectivity index (χ2v) is 7.75. The van der Waals surface area contributed by atoms with Gasteiger partial charge in [0.05, 0.1) is 18.9 Å². The molecule has 1 saturated heterocycles. The van der Waals surface area contributed by atoms with Gasteiger partial charge in [0, 0.05) is 23.2 Å². The van der Waals surface area contributed by atoms with E-state index in [4.69, 9.17) is 4.74 Å². The highest BCUT2D eigenvalue weighted by atomic mass is 79.9. The number of hydrogen-bond acceptors (Lipinski definition) is 8. The van der Waals surface area contributed by atoms with E-state index >= 15 is 0 Å². The normalized spacial score (nSPS) is 14.4. The number of morpholine rings is 1. The molecule has 0 amide bonds. The van der Waals surface area contributed by atoms with E-state index < -0.39 is 0 Å². The van der Waals surface area contributed by atoms with Crippen molar-refractivity contribution in [3.63, 3.8) is 0 Å². The van der Waals surface area contributed by atoms with E-state index in [1.54, 1.807) is 12.1 Å². The number of nitrogens with one attached hydrogen (secondary N) is 2. The second-order valence-electron chi connectivity index (χ2n) is 6.83. The maximum Gasteiger partial charge on any atom is 0.250 e. The van der Waals surface area contributed by atoms with E-state index in [-0.39, 0.29) is 5.82 Å². The third kappa shape index (κ3) is 5.74. The number of benzene rings is 2. The molecule has 4 rings (SSSR count). The Labute approximate surface area is 187 Å². The Morgan fingerprint density at radius 3 is 2.55 bits per heavy atom. The van der Waals surface area contributed by atoms with Gasteiger partial charge in [-0.3, -0.25) is 0 Å². The van der Waals surface area contributed by atoms with Crippen LogP contribution in [0.4, 0.5) is 27.9 Å². The molecule has 2 heterocycles. The molecule has 0 bridgehead atoms. The Morgan fingerprint density at radius 1 is 1.06 bits per heavy atom. The summed E-state index contributed by atoms with van der Waals surface area (Å²) < 4.78 is 19.5. The minimum Gasteiger partial charge on any atom is -0.378 e. The lowest BCUT2D eigenvalue weighted by Crippen LogP contribution is -2.37. The van der Waals surface area contributed by atoms with Crippen LogP contribution in [0.3, 0.4) is 0 Å². The predicted octanol–water partition coefficient (Wildman–Crippen LogP) is 4.19. The van der Waals surface area contributed by atoms with Gasteiger partial charge in [0.2, 0.25) is 17.8 Å². The van der Waals surface area contributed by atoms with Gasteiger partial charge in [0.1, 0.15) is 5.82 Å². The molecule has 0 spiro atoms. The van der Waals surface area contributed by atoms with Crippen molar-refractivity contribution < 1.29 is 9.13 Å². The highest BCUT2D eigenvalue weighted by molar-refractivity contribution is 9.10. The van der Waals surface area contributed by atoms with E-state index in [0.29, 0.717) is 49.9 Å². The zero-order chi connectivity index (χ0) is 21.6. The van der Waals surface area contributed by atoms with Gasteiger partial charge in [-0.2, -0.15) is 20.1 Å². The Bertz CT molecular complexity index is 1070. The molecule has 1 aromatic heterocycles. The summed E-state index contributed by atoms with van der Waals surface area (Å²) in [6, 6.07) is 13.9. The lowest BCUT2D eigenvalue weighted by Gasteiger charge is -2.27. The van der Waals surface area contributed by atoms with Crippen LogP contribution in [0.15, 0.2) is 58.1 Å². The van der Waals surface area contributed by atoms with E-state index in [1.807, 2.05) is 36.1 Å². The van der Waals surface area contributed by atoms with Gasteiger partial charge in [-0.1, -0.05) is 34.1 Å². The SMILES string of the molecule is C/C(=N\Nc1nc(Nc2cccc(Br)c2)nc(N2CCOCC2)n1)c1ccc(F)cc1. The lowest BCUT2D eigenvalue weighted by molar-refractivity contribution is 0.122. The van der Waals surface area contributed by atoms with Crippen LogP contribution >= 0.6 is 15.9 Å². The molecule has 10 heteroatoms. The lowest BCUT2D eigenvalue weighted by atomic mass is 10.1. The Morgan fingerprint density at radius 2 is 1.81 bits per heavy atom. The molecule has 1 aliphatic rings. The predicted molar refractivity (Wildman–Crippen MR) is 123 cm³/mol. The van der Waals surface area contributed by atoms with Crippen molar-refractivity contribution in [1.29, 1.82) is 0 Å². The van der Waals surface area contributed by atoms with Crippen LogP contribution in [0.25, 0.3) is 0 Å². The molecule has 2 N–H and O–H groups in total. The van der Waals surface area contributed by atoms with Crippen molar-refractivity contribution in [2.45, 2.75) is 6.92 Å². The molecular weight excluding hydrogens is 465 g/mol. The van der Waals surface area contributed by atoms with E-state index in [0.717, 1.165) is 15.7 Å². The average molecular weight is 486 g/mol. The van der Waals surface area contributed by atoms with Crippen LogP contribution in [0.2, 0.25) is 0 Å². The summed E-state index contributed by atoms with van der Waals surface area (Å²) in [4.78, 5) is 15.6. The fourth-order valence-corrected chi connectivity index (χ4v) is 3.36. The number of anilines is 4. The molecule has 8 nitrogen and oxygen atoms in total. The van der Waals surface area contributed by atoms with Gasteiger partial charge < -0.3 is 15.0 Å². The fourth-order valence-electron chi connectivity index (χ4n) is 2.96. The number of rotatable bonds is 6. The second kappa shape index (κ2) is 9.80. The summed E-state index contributed by atoms with van der Waals surface area (Å²) in [5.41, 5.74) is 5.21. The first-order chi connectivity index (χ1) is 15.1. The number of aromatic nitrogens is 3. The summed E-state index contributed by atoms with van der Waals surface area (Å²) in [7, 11) is 0. The van der Waals surface area contributed by atoms with Crippen molar-refractivity contribution in [1.82, 2.24) is 15.0 Å². The van der Waals surface area contributed by atoms with Crippen LogP contribution in [0.5, 0.6) is 0 Å². The van der Waals surface area contributed by atoms with Gasteiger partial charge in [0.25, 0.3) is 0 Å². The van der Waals surface area contributed by atoms with E-state index in [2.05, 4.69) is 46.7 Å². The summed E-state index contributed by atoms with van der Waals surface area (Å²) in [5, 5.41) is 7.57. The fraction of sp³-hybridized carbons (Fsp3) is 0.238. The molecule has 0 aliphatic carbocycles. The molecule has 0 atom stereocenters. The minimum absolute atomic E-state index is 0.291. The maximum absolute atomic E-state index is 13.2. The number of nitrogens with zero attached hydrogens (tertiary/aromatic N) is 5. The highest BCUT2D eigenvalue weighted by Crippen LogP contribution is 2.21. The van der Waals surface area contributed by atoms with Crippen molar-refractivity contribution in [2.24, 2.45) is 5.10 Å². The molecule has 2 aromatic carbocycles. The number of halogens is 2. The smallest absolute Gasteiger partial charge is 0.250 e. The molecule has 31 heavy (non-hydrogen) atoms. The maximum atomic E-state index is 13.2. The monoisotopic (exact) mass is 485 g/mol. The van der Waals surface area contributed by atoms with Crippen LogP contribution in [0.1, 0.15) is 12.5 Å². The third-order valence-corrected chi connectivity index (χ3v) is 5.08. The summed E-state index contributed by atoms with van der Waals surface area (Å²) in [6.07, 6.45) is 0. The Hall–Kier alpha value is -3.11. The third-order valence-electron chi connectivity index (χ3n) is 4.58. The van der Waals surface area contributed by atoms with Crippen LogP contribution in [-0.2, 0) is 4.74 Å². The molecular formula is C21H21BrFN7O. The largest absolute Gasteiger partial charge is 0.378 e. The number of ether oxygens (including phenoxy) is 1. The van der Waals surface area contributed by atoms with Crippen molar-refractivity contribution in [3.05, 3.63) is 64.4 Å². The van der Waals surface area contributed by atoms with Gasteiger partial charge >= 0.3 is 0 Å². The van der Waals surface area contributed by atoms with Gasteiger partial charge in [-0.05, 0) is 42.8 Å². The molecule has 1 fully saturated rings. The standard InChI is InChI=1S/C21H21BrFN7O/c1-14(15-5-7-17(23)8-6-15)28-29-20-25-19(24-18-4-2-3-16(22)13-18)26-21(27-20)30-9-11-31-12-10-30/h2-8,13H,9-12H2,1H3,(H2,24,25,26,27,29)/b28-14+. The number of hydrazone groups is 1.